The second-order valence-electron chi connectivity index (χ2n) is 4.68. The maximum absolute atomic E-state index is 3.24. The Morgan fingerprint density at radius 1 is 1.14 bits per heavy atom. The lowest BCUT2D eigenvalue weighted by atomic mass is 9.86. The highest BCUT2D eigenvalue weighted by Crippen LogP contribution is 2.21. The molecule has 1 heteroatoms. The first-order valence-electron chi connectivity index (χ1n) is 5.32. The largest absolute Gasteiger partial charge is 0.319 e. The molecule has 0 unspecified atom stereocenters. The standard InChI is InChI=1S/C13H21N/c1-13(2,11-14-3)10-9-12-7-5-4-6-8-12/h4-8,14H,9-11H2,1-3H3. The zero-order valence-corrected chi connectivity index (χ0v) is 9.51. The van der Waals surface area contributed by atoms with Crippen LogP contribution in [0.25, 0.3) is 0 Å². The van der Waals surface area contributed by atoms with Gasteiger partial charge in [-0.05, 0) is 37.4 Å². The van der Waals surface area contributed by atoms with Crippen molar-refractivity contribution in [1.29, 1.82) is 0 Å². The summed E-state index contributed by atoms with van der Waals surface area (Å²) < 4.78 is 0. The van der Waals surface area contributed by atoms with E-state index in [0.29, 0.717) is 5.41 Å². The summed E-state index contributed by atoms with van der Waals surface area (Å²) in [6.07, 6.45) is 2.41. The molecule has 0 atom stereocenters. The van der Waals surface area contributed by atoms with Gasteiger partial charge < -0.3 is 5.32 Å². The molecule has 1 aromatic rings. The molecule has 1 N–H and O–H groups in total. The molecule has 0 spiro atoms. The molecule has 0 aliphatic carbocycles. The maximum Gasteiger partial charge on any atom is -0.0000373 e. The zero-order valence-electron chi connectivity index (χ0n) is 9.51. The monoisotopic (exact) mass is 191 g/mol. The van der Waals surface area contributed by atoms with Crippen LogP contribution in [0.4, 0.5) is 0 Å². The summed E-state index contributed by atoms with van der Waals surface area (Å²) >= 11 is 0. The first kappa shape index (κ1) is 11.3. The molecule has 0 bridgehead atoms. The van der Waals surface area contributed by atoms with E-state index in [1.807, 2.05) is 7.05 Å². The minimum atomic E-state index is 0.393. The molecule has 0 saturated carbocycles. The molecular formula is C13H21N. The van der Waals surface area contributed by atoms with Crippen LogP contribution in [0, 0.1) is 5.41 Å². The van der Waals surface area contributed by atoms with Crippen molar-refractivity contribution in [2.75, 3.05) is 13.6 Å². The van der Waals surface area contributed by atoms with Gasteiger partial charge in [0.2, 0.25) is 0 Å². The van der Waals surface area contributed by atoms with Gasteiger partial charge in [-0.2, -0.15) is 0 Å². The zero-order chi connectivity index (χ0) is 10.4. The molecule has 0 fully saturated rings. The molecule has 78 valence electrons. The van der Waals surface area contributed by atoms with Gasteiger partial charge in [0, 0.05) is 0 Å². The van der Waals surface area contributed by atoms with Crippen molar-refractivity contribution in [2.24, 2.45) is 5.41 Å². The molecule has 0 amide bonds. The molecule has 1 aromatic carbocycles. The average molecular weight is 191 g/mol. The Morgan fingerprint density at radius 2 is 1.79 bits per heavy atom. The van der Waals surface area contributed by atoms with Crippen molar-refractivity contribution in [1.82, 2.24) is 5.32 Å². The summed E-state index contributed by atoms with van der Waals surface area (Å²) in [6.45, 7) is 5.71. The number of nitrogens with one attached hydrogen (secondary N) is 1. The fraction of sp³-hybridized carbons (Fsp3) is 0.538. The summed E-state index contributed by atoms with van der Waals surface area (Å²) in [5, 5.41) is 3.24. The van der Waals surface area contributed by atoms with Crippen LogP contribution in [0.2, 0.25) is 0 Å². The van der Waals surface area contributed by atoms with E-state index in [4.69, 9.17) is 0 Å². The molecule has 0 aliphatic heterocycles. The van der Waals surface area contributed by atoms with Crippen LogP contribution in [-0.2, 0) is 6.42 Å². The van der Waals surface area contributed by atoms with Gasteiger partial charge in [-0.25, -0.2) is 0 Å². The van der Waals surface area contributed by atoms with Crippen molar-refractivity contribution in [3.63, 3.8) is 0 Å². The highest BCUT2D eigenvalue weighted by atomic mass is 14.8. The van der Waals surface area contributed by atoms with Crippen LogP contribution in [-0.4, -0.2) is 13.6 Å². The molecule has 0 aliphatic rings. The average Bonchev–Trinajstić information content (AvgIpc) is 2.17. The highest BCUT2D eigenvalue weighted by molar-refractivity contribution is 5.14. The molecule has 14 heavy (non-hydrogen) atoms. The molecule has 0 heterocycles. The van der Waals surface area contributed by atoms with E-state index in [2.05, 4.69) is 49.5 Å². The van der Waals surface area contributed by atoms with E-state index in [1.165, 1.54) is 18.4 Å². The third kappa shape index (κ3) is 3.93. The van der Waals surface area contributed by atoms with E-state index in [9.17, 15) is 0 Å². The summed E-state index contributed by atoms with van der Waals surface area (Å²) in [5.74, 6) is 0. The van der Waals surface area contributed by atoms with Gasteiger partial charge in [0.25, 0.3) is 0 Å². The van der Waals surface area contributed by atoms with Gasteiger partial charge in [-0.15, -0.1) is 0 Å². The fourth-order valence-corrected chi connectivity index (χ4v) is 1.69. The Bertz CT molecular complexity index is 251. The lowest BCUT2D eigenvalue weighted by molar-refractivity contribution is 0.324. The van der Waals surface area contributed by atoms with Gasteiger partial charge in [0.1, 0.15) is 0 Å². The van der Waals surface area contributed by atoms with E-state index in [-0.39, 0.29) is 0 Å². The minimum Gasteiger partial charge on any atom is -0.319 e. The number of hydrogen-bond acceptors (Lipinski definition) is 1. The van der Waals surface area contributed by atoms with Crippen LogP contribution in [0.1, 0.15) is 25.8 Å². The van der Waals surface area contributed by atoms with Crippen LogP contribution < -0.4 is 5.32 Å². The Kier molecular flexibility index (Phi) is 4.15. The first-order valence-corrected chi connectivity index (χ1v) is 5.32. The third-order valence-electron chi connectivity index (χ3n) is 2.59. The van der Waals surface area contributed by atoms with E-state index in [0.717, 1.165) is 6.54 Å². The third-order valence-corrected chi connectivity index (χ3v) is 2.59. The summed E-state index contributed by atoms with van der Waals surface area (Å²) in [5.41, 5.74) is 1.83. The van der Waals surface area contributed by atoms with Crippen molar-refractivity contribution >= 4 is 0 Å². The van der Waals surface area contributed by atoms with Gasteiger partial charge in [0.05, 0.1) is 0 Å². The van der Waals surface area contributed by atoms with Crippen LogP contribution in [0.3, 0.4) is 0 Å². The van der Waals surface area contributed by atoms with Crippen molar-refractivity contribution in [2.45, 2.75) is 26.7 Å². The Balaban J connectivity index is 2.40. The van der Waals surface area contributed by atoms with E-state index >= 15 is 0 Å². The first-order chi connectivity index (χ1) is 6.64. The molecule has 0 radical (unpaired) electrons. The topological polar surface area (TPSA) is 12.0 Å². The number of rotatable bonds is 5. The van der Waals surface area contributed by atoms with Crippen molar-refractivity contribution < 1.29 is 0 Å². The summed E-state index contributed by atoms with van der Waals surface area (Å²) in [7, 11) is 2.02. The molecule has 1 rings (SSSR count). The second kappa shape index (κ2) is 5.16. The molecule has 0 saturated heterocycles. The Labute approximate surface area is 87.5 Å². The fourth-order valence-electron chi connectivity index (χ4n) is 1.69. The van der Waals surface area contributed by atoms with Crippen LogP contribution in [0.15, 0.2) is 30.3 Å². The smallest absolute Gasteiger partial charge is 0.0000373 e. The predicted octanol–water partition coefficient (Wildman–Crippen LogP) is 2.86. The summed E-state index contributed by atoms with van der Waals surface area (Å²) in [4.78, 5) is 0. The van der Waals surface area contributed by atoms with Gasteiger partial charge in [0.15, 0.2) is 0 Å². The predicted molar refractivity (Wildman–Crippen MR) is 62.5 cm³/mol. The van der Waals surface area contributed by atoms with Gasteiger partial charge >= 0.3 is 0 Å². The normalized spacial score (nSPS) is 11.6. The van der Waals surface area contributed by atoms with Gasteiger partial charge in [-0.3, -0.25) is 0 Å². The minimum absolute atomic E-state index is 0.393. The Morgan fingerprint density at radius 3 is 2.36 bits per heavy atom. The number of benzene rings is 1. The number of hydrogen-bond donors (Lipinski definition) is 1. The van der Waals surface area contributed by atoms with Crippen molar-refractivity contribution in [3.05, 3.63) is 35.9 Å². The van der Waals surface area contributed by atoms with Crippen LogP contribution in [0.5, 0.6) is 0 Å². The summed E-state index contributed by atoms with van der Waals surface area (Å²) in [6, 6.07) is 10.7. The quantitative estimate of drug-likeness (QED) is 0.754. The Hall–Kier alpha value is -0.820. The van der Waals surface area contributed by atoms with Crippen molar-refractivity contribution in [3.8, 4) is 0 Å². The van der Waals surface area contributed by atoms with Gasteiger partial charge in [-0.1, -0.05) is 44.2 Å². The maximum atomic E-state index is 3.24. The molecular weight excluding hydrogens is 170 g/mol. The second-order valence-corrected chi connectivity index (χ2v) is 4.68. The molecule has 0 aromatic heterocycles. The van der Waals surface area contributed by atoms with E-state index in [1.54, 1.807) is 0 Å². The lowest BCUT2D eigenvalue weighted by Crippen LogP contribution is -2.27. The molecule has 1 nitrogen and oxygen atoms in total. The highest BCUT2D eigenvalue weighted by Gasteiger charge is 2.15. The number of aryl methyl sites for hydroxylation is 1. The SMILES string of the molecule is CNCC(C)(C)CCc1ccccc1. The van der Waals surface area contributed by atoms with E-state index < -0.39 is 0 Å². The van der Waals surface area contributed by atoms with Crippen LogP contribution >= 0.6 is 0 Å². The lowest BCUT2D eigenvalue weighted by Gasteiger charge is -2.24.